The van der Waals surface area contributed by atoms with Crippen LogP contribution in [0.4, 0.5) is 0 Å². The molecule has 1 aliphatic rings. The third-order valence-corrected chi connectivity index (χ3v) is 3.25. The van der Waals surface area contributed by atoms with Crippen molar-refractivity contribution >= 4 is 0 Å². The molecule has 0 saturated carbocycles. The molecule has 14 heavy (non-hydrogen) atoms. The fourth-order valence-corrected chi connectivity index (χ4v) is 1.92. The minimum atomic E-state index is 0.369. The first-order chi connectivity index (χ1) is 6.65. The average Bonchev–Trinajstić information content (AvgIpc) is 2.52. The second kappa shape index (κ2) is 5.52. The van der Waals surface area contributed by atoms with Crippen molar-refractivity contribution in [2.24, 2.45) is 5.92 Å². The molecule has 82 valence electrons. The van der Waals surface area contributed by atoms with Gasteiger partial charge in [0.15, 0.2) is 0 Å². The van der Waals surface area contributed by atoms with Crippen LogP contribution in [-0.4, -0.2) is 24.8 Å². The second-order valence-electron chi connectivity index (χ2n) is 4.43. The van der Waals surface area contributed by atoms with E-state index in [0.29, 0.717) is 24.1 Å². The molecule has 0 bridgehead atoms. The number of hydrogen-bond donors (Lipinski definition) is 1. The van der Waals surface area contributed by atoms with Crippen LogP contribution in [0.25, 0.3) is 0 Å². The summed E-state index contributed by atoms with van der Waals surface area (Å²) in [6.45, 7) is 11.3. The Kier molecular flexibility index (Phi) is 4.63. The molecule has 2 nitrogen and oxygen atoms in total. The van der Waals surface area contributed by atoms with Crippen molar-refractivity contribution in [1.29, 1.82) is 0 Å². The highest BCUT2D eigenvalue weighted by atomic mass is 16.5. The van der Waals surface area contributed by atoms with Gasteiger partial charge in [-0.1, -0.05) is 13.0 Å². The van der Waals surface area contributed by atoms with Gasteiger partial charge in [-0.3, -0.25) is 0 Å². The minimum absolute atomic E-state index is 0.369. The summed E-state index contributed by atoms with van der Waals surface area (Å²) in [6, 6.07) is 1.08. The van der Waals surface area contributed by atoms with Crippen LogP contribution in [0.3, 0.4) is 0 Å². The van der Waals surface area contributed by atoms with E-state index in [0.717, 1.165) is 19.4 Å². The standard InChI is InChI=1S/C12H23NO/c1-5-6-9(2)10(3)13-12-7-8-14-11(12)4/h5,9-13H,1,6-8H2,2-4H3. The van der Waals surface area contributed by atoms with E-state index in [-0.39, 0.29) is 0 Å². The van der Waals surface area contributed by atoms with Gasteiger partial charge in [0.1, 0.15) is 0 Å². The number of allylic oxidation sites excluding steroid dienone is 1. The van der Waals surface area contributed by atoms with Crippen molar-refractivity contribution in [3.63, 3.8) is 0 Å². The van der Waals surface area contributed by atoms with Gasteiger partial charge in [-0.15, -0.1) is 6.58 Å². The summed E-state index contributed by atoms with van der Waals surface area (Å²) < 4.78 is 5.52. The Hall–Kier alpha value is -0.340. The van der Waals surface area contributed by atoms with Crippen LogP contribution in [0.2, 0.25) is 0 Å². The zero-order chi connectivity index (χ0) is 10.6. The van der Waals surface area contributed by atoms with Crippen LogP contribution in [0, 0.1) is 5.92 Å². The van der Waals surface area contributed by atoms with Crippen LogP contribution in [0.5, 0.6) is 0 Å². The van der Waals surface area contributed by atoms with Gasteiger partial charge in [0.25, 0.3) is 0 Å². The van der Waals surface area contributed by atoms with E-state index in [1.54, 1.807) is 0 Å². The van der Waals surface area contributed by atoms with E-state index in [2.05, 4.69) is 32.7 Å². The number of nitrogens with one attached hydrogen (secondary N) is 1. The Labute approximate surface area is 87.7 Å². The molecule has 1 aliphatic heterocycles. The maximum absolute atomic E-state index is 5.52. The summed E-state index contributed by atoms with van der Waals surface area (Å²) >= 11 is 0. The molecule has 1 fully saturated rings. The Morgan fingerprint density at radius 1 is 1.57 bits per heavy atom. The van der Waals surface area contributed by atoms with Gasteiger partial charge >= 0.3 is 0 Å². The molecule has 0 aromatic heterocycles. The van der Waals surface area contributed by atoms with Gasteiger partial charge in [-0.05, 0) is 32.6 Å². The van der Waals surface area contributed by atoms with E-state index < -0.39 is 0 Å². The zero-order valence-corrected chi connectivity index (χ0v) is 9.62. The predicted octanol–water partition coefficient (Wildman–Crippen LogP) is 2.35. The molecule has 0 amide bonds. The molecule has 1 rings (SSSR count). The maximum Gasteiger partial charge on any atom is 0.0700 e. The SMILES string of the molecule is C=CCC(C)C(C)NC1CCOC1C. The highest BCUT2D eigenvalue weighted by Gasteiger charge is 2.26. The third-order valence-electron chi connectivity index (χ3n) is 3.25. The maximum atomic E-state index is 5.52. The van der Waals surface area contributed by atoms with Crippen LogP contribution in [0.15, 0.2) is 12.7 Å². The lowest BCUT2D eigenvalue weighted by atomic mass is 9.98. The predicted molar refractivity (Wildman–Crippen MR) is 60.4 cm³/mol. The molecule has 4 atom stereocenters. The first-order valence-corrected chi connectivity index (χ1v) is 5.63. The van der Waals surface area contributed by atoms with Gasteiger partial charge in [-0.2, -0.15) is 0 Å². The minimum Gasteiger partial charge on any atom is -0.377 e. The van der Waals surface area contributed by atoms with Gasteiger partial charge in [0.05, 0.1) is 6.10 Å². The summed E-state index contributed by atoms with van der Waals surface area (Å²) in [5.74, 6) is 0.653. The van der Waals surface area contributed by atoms with Crippen molar-refractivity contribution < 1.29 is 4.74 Å². The normalized spacial score (nSPS) is 31.4. The second-order valence-corrected chi connectivity index (χ2v) is 4.43. The summed E-state index contributed by atoms with van der Waals surface area (Å²) in [5.41, 5.74) is 0. The summed E-state index contributed by atoms with van der Waals surface area (Å²) in [4.78, 5) is 0. The Bertz CT molecular complexity index is 181. The summed E-state index contributed by atoms with van der Waals surface area (Å²) in [5, 5.41) is 3.64. The Morgan fingerprint density at radius 3 is 2.79 bits per heavy atom. The van der Waals surface area contributed by atoms with E-state index >= 15 is 0 Å². The molecule has 4 unspecified atom stereocenters. The van der Waals surface area contributed by atoms with Crippen molar-refractivity contribution in [2.75, 3.05) is 6.61 Å². The molecule has 0 aromatic rings. The monoisotopic (exact) mass is 197 g/mol. The first kappa shape index (κ1) is 11.7. The van der Waals surface area contributed by atoms with Crippen molar-refractivity contribution in [1.82, 2.24) is 5.32 Å². The van der Waals surface area contributed by atoms with Crippen molar-refractivity contribution in [2.45, 2.75) is 51.8 Å². The van der Waals surface area contributed by atoms with Crippen LogP contribution in [-0.2, 0) is 4.74 Å². The highest BCUT2D eigenvalue weighted by molar-refractivity contribution is 4.85. The van der Waals surface area contributed by atoms with E-state index in [9.17, 15) is 0 Å². The van der Waals surface area contributed by atoms with Crippen LogP contribution >= 0.6 is 0 Å². The molecule has 0 aliphatic carbocycles. The van der Waals surface area contributed by atoms with Crippen molar-refractivity contribution in [3.8, 4) is 0 Å². The summed E-state index contributed by atoms with van der Waals surface area (Å²) in [6.07, 6.45) is 4.59. The molecule has 1 saturated heterocycles. The highest BCUT2D eigenvalue weighted by Crippen LogP contribution is 2.16. The Morgan fingerprint density at radius 2 is 2.29 bits per heavy atom. The molecule has 0 spiro atoms. The largest absolute Gasteiger partial charge is 0.377 e. The van der Waals surface area contributed by atoms with Gasteiger partial charge in [-0.25, -0.2) is 0 Å². The molecule has 1 heterocycles. The quantitative estimate of drug-likeness (QED) is 0.683. The lowest BCUT2D eigenvalue weighted by molar-refractivity contribution is 0.109. The smallest absolute Gasteiger partial charge is 0.0700 e. The molecule has 0 radical (unpaired) electrons. The number of rotatable bonds is 5. The van der Waals surface area contributed by atoms with Crippen LogP contribution < -0.4 is 5.32 Å². The zero-order valence-electron chi connectivity index (χ0n) is 9.62. The molecule has 2 heteroatoms. The van der Waals surface area contributed by atoms with E-state index in [1.165, 1.54) is 0 Å². The average molecular weight is 197 g/mol. The van der Waals surface area contributed by atoms with Crippen molar-refractivity contribution in [3.05, 3.63) is 12.7 Å². The molecule has 1 N–H and O–H groups in total. The fraction of sp³-hybridized carbons (Fsp3) is 0.833. The van der Waals surface area contributed by atoms with Gasteiger partial charge < -0.3 is 10.1 Å². The fourth-order valence-electron chi connectivity index (χ4n) is 1.92. The van der Waals surface area contributed by atoms with E-state index in [1.807, 2.05) is 6.08 Å². The third kappa shape index (κ3) is 3.10. The van der Waals surface area contributed by atoms with Gasteiger partial charge in [0.2, 0.25) is 0 Å². The van der Waals surface area contributed by atoms with Gasteiger partial charge in [0, 0.05) is 18.7 Å². The molecular weight excluding hydrogens is 174 g/mol. The topological polar surface area (TPSA) is 21.3 Å². The Balaban J connectivity index is 2.31. The number of ether oxygens (including phenoxy) is 1. The summed E-state index contributed by atoms with van der Waals surface area (Å²) in [7, 11) is 0. The van der Waals surface area contributed by atoms with Crippen LogP contribution in [0.1, 0.15) is 33.6 Å². The molecular formula is C12H23NO. The lowest BCUT2D eigenvalue weighted by Gasteiger charge is -2.25. The van der Waals surface area contributed by atoms with E-state index in [4.69, 9.17) is 4.74 Å². The molecule has 0 aromatic carbocycles. The first-order valence-electron chi connectivity index (χ1n) is 5.63. The lowest BCUT2D eigenvalue weighted by Crippen LogP contribution is -2.43. The number of hydrogen-bond acceptors (Lipinski definition) is 2.